The van der Waals surface area contributed by atoms with Crippen LogP contribution in [0.25, 0.3) is 0 Å². The molecule has 24 heavy (non-hydrogen) atoms. The third-order valence-electron chi connectivity index (χ3n) is 4.06. The van der Waals surface area contributed by atoms with Crippen molar-refractivity contribution in [1.82, 2.24) is 14.4 Å². The van der Waals surface area contributed by atoms with Gasteiger partial charge in [-0.15, -0.1) is 11.3 Å². The SMILES string of the molecule is Cc1noc(C)c1S(=O)(=O)N1CCN(C(=O)Cc2cccs2)CC1. The van der Waals surface area contributed by atoms with Crippen LogP contribution in [0, 0.1) is 13.8 Å². The maximum Gasteiger partial charge on any atom is 0.248 e. The van der Waals surface area contributed by atoms with Crippen molar-refractivity contribution in [3.8, 4) is 0 Å². The number of hydrogen-bond acceptors (Lipinski definition) is 6. The van der Waals surface area contributed by atoms with Crippen LogP contribution in [-0.4, -0.2) is 54.9 Å². The molecule has 0 aliphatic carbocycles. The molecule has 3 heterocycles. The van der Waals surface area contributed by atoms with E-state index in [0.717, 1.165) is 4.88 Å². The van der Waals surface area contributed by atoms with Crippen LogP contribution in [0.1, 0.15) is 16.3 Å². The second-order valence-corrected chi connectivity index (χ2v) is 8.60. The van der Waals surface area contributed by atoms with E-state index in [1.807, 2.05) is 17.5 Å². The summed E-state index contributed by atoms with van der Waals surface area (Å²) < 4.78 is 31.9. The van der Waals surface area contributed by atoms with Crippen molar-refractivity contribution in [2.24, 2.45) is 0 Å². The average Bonchev–Trinajstić information content (AvgIpc) is 3.17. The molecule has 0 saturated carbocycles. The number of carbonyl (C=O) groups excluding carboxylic acids is 1. The third kappa shape index (κ3) is 3.24. The molecule has 2 aromatic rings. The van der Waals surface area contributed by atoms with Gasteiger partial charge in [-0.1, -0.05) is 11.2 Å². The van der Waals surface area contributed by atoms with Crippen molar-refractivity contribution >= 4 is 27.3 Å². The van der Waals surface area contributed by atoms with E-state index in [2.05, 4.69) is 5.16 Å². The molecule has 130 valence electrons. The molecule has 0 radical (unpaired) electrons. The number of sulfonamides is 1. The number of nitrogens with zero attached hydrogens (tertiary/aromatic N) is 3. The van der Waals surface area contributed by atoms with Gasteiger partial charge in [-0.25, -0.2) is 8.42 Å². The van der Waals surface area contributed by atoms with Crippen LogP contribution in [0.5, 0.6) is 0 Å². The number of thiophene rings is 1. The van der Waals surface area contributed by atoms with Gasteiger partial charge in [-0.2, -0.15) is 4.31 Å². The Hall–Kier alpha value is -1.71. The summed E-state index contributed by atoms with van der Waals surface area (Å²) in [6.45, 7) is 4.56. The summed E-state index contributed by atoms with van der Waals surface area (Å²) in [5.41, 5.74) is 0.365. The van der Waals surface area contributed by atoms with Crippen molar-refractivity contribution < 1.29 is 17.7 Å². The molecule has 2 aromatic heterocycles. The summed E-state index contributed by atoms with van der Waals surface area (Å²) in [5.74, 6) is 0.329. The van der Waals surface area contributed by atoms with Crippen LogP contribution in [0.4, 0.5) is 0 Å². The zero-order valence-electron chi connectivity index (χ0n) is 13.6. The van der Waals surface area contributed by atoms with Crippen LogP contribution >= 0.6 is 11.3 Å². The third-order valence-corrected chi connectivity index (χ3v) is 7.08. The van der Waals surface area contributed by atoms with E-state index >= 15 is 0 Å². The first-order valence-corrected chi connectivity index (χ1v) is 9.94. The zero-order valence-corrected chi connectivity index (χ0v) is 15.2. The summed E-state index contributed by atoms with van der Waals surface area (Å²) in [6, 6.07) is 3.85. The van der Waals surface area contributed by atoms with Gasteiger partial charge in [0, 0.05) is 31.1 Å². The average molecular weight is 369 g/mol. The maximum atomic E-state index is 12.7. The Bertz CT molecular complexity index is 800. The Morgan fingerprint density at radius 2 is 2.00 bits per heavy atom. The largest absolute Gasteiger partial charge is 0.360 e. The molecular weight excluding hydrogens is 350 g/mol. The fourth-order valence-electron chi connectivity index (χ4n) is 2.82. The highest BCUT2D eigenvalue weighted by Crippen LogP contribution is 2.24. The van der Waals surface area contributed by atoms with E-state index in [4.69, 9.17) is 4.52 Å². The number of aromatic nitrogens is 1. The van der Waals surface area contributed by atoms with Crippen molar-refractivity contribution in [3.05, 3.63) is 33.8 Å². The highest BCUT2D eigenvalue weighted by atomic mass is 32.2. The lowest BCUT2D eigenvalue weighted by molar-refractivity contribution is -0.131. The molecular formula is C15H19N3O4S2. The molecule has 1 saturated heterocycles. The Balaban J connectivity index is 1.65. The maximum absolute atomic E-state index is 12.7. The first kappa shape index (κ1) is 17.1. The van der Waals surface area contributed by atoms with Crippen LogP contribution < -0.4 is 0 Å². The van der Waals surface area contributed by atoms with Crippen molar-refractivity contribution in [3.63, 3.8) is 0 Å². The van der Waals surface area contributed by atoms with Crippen LogP contribution in [0.15, 0.2) is 26.9 Å². The second kappa shape index (κ2) is 6.66. The van der Waals surface area contributed by atoms with Gasteiger partial charge in [0.2, 0.25) is 15.9 Å². The molecule has 0 atom stereocenters. The highest BCUT2D eigenvalue weighted by molar-refractivity contribution is 7.89. The fraction of sp³-hybridized carbons (Fsp3) is 0.467. The van der Waals surface area contributed by atoms with Crippen molar-refractivity contribution in [2.75, 3.05) is 26.2 Å². The van der Waals surface area contributed by atoms with Gasteiger partial charge in [0.1, 0.15) is 10.6 Å². The Morgan fingerprint density at radius 3 is 2.54 bits per heavy atom. The topological polar surface area (TPSA) is 83.7 Å². The van der Waals surface area contributed by atoms with Crippen LogP contribution in [0.3, 0.4) is 0 Å². The molecule has 0 unspecified atom stereocenters. The number of amides is 1. The number of rotatable bonds is 4. The van der Waals surface area contributed by atoms with Crippen molar-refractivity contribution in [2.45, 2.75) is 25.2 Å². The quantitative estimate of drug-likeness (QED) is 0.814. The molecule has 0 N–H and O–H groups in total. The smallest absolute Gasteiger partial charge is 0.248 e. The number of piperazine rings is 1. The van der Waals surface area contributed by atoms with Crippen LogP contribution in [0.2, 0.25) is 0 Å². The first-order valence-electron chi connectivity index (χ1n) is 7.63. The van der Waals surface area contributed by atoms with E-state index in [1.54, 1.807) is 30.1 Å². The molecule has 7 nitrogen and oxygen atoms in total. The van der Waals surface area contributed by atoms with Gasteiger partial charge in [-0.3, -0.25) is 4.79 Å². The van der Waals surface area contributed by atoms with E-state index in [1.165, 1.54) is 4.31 Å². The summed E-state index contributed by atoms with van der Waals surface area (Å²) in [5, 5.41) is 5.66. The molecule has 1 aliphatic rings. The van der Waals surface area contributed by atoms with Gasteiger partial charge in [0.05, 0.1) is 6.42 Å². The summed E-state index contributed by atoms with van der Waals surface area (Å²) in [4.78, 5) is 15.2. The van der Waals surface area contributed by atoms with Gasteiger partial charge in [-0.05, 0) is 25.3 Å². The normalized spacial score (nSPS) is 16.5. The predicted molar refractivity (Wildman–Crippen MR) is 89.3 cm³/mol. The summed E-state index contributed by atoms with van der Waals surface area (Å²) in [7, 11) is -3.64. The minimum atomic E-state index is -3.64. The lowest BCUT2D eigenvalue weighted by Gasteiger charge is -2.33. The molecule has 1 amide bonds. The van der Waals surface area contributed by atoms with E-state index in [-0.39, 0.29) is 23.9 Å². The fourth-order valence-corrected chi connectivity index (χ4v) is 5.23. The molecule has 0 bridgehead atoms. The Morgan fingerprint density at radius 1 is 1.29 bits per heavy atom. The predicted octanol–water partition coefficient (Wildman–Crippen LogP) is 1.43. The Kier molecular flexibility index (Phi) is 4.75. The first-order chi connectivity index (χ1) is 11.4. The number of hydrogen-bond donors (Lipinski definition) is 0. The van der Waals surface area contributed by atoms with Crippen molar-refractivity contribution in [1.29, 1.82) is 0 Å². The Labute approximate surface area is 144 Å². The van der Waals surface area contributed by atoms with Gasteiger partial charge in [0.25, 0.3) is 0 Å². The lowest BCUT2D eigenvalue weighted by Crippen LogP contribution is -2.50. The number of aryl methyl sites for hydroxylation is 2. The molecule has 0 aromatic carbocycles. The van der Waals surface area contributed by atoms with Gasteiger partial charge in [0.15, 0.2) is 5.76 Å². The monoisotopic (exact) mass is 369 g/mol. The molecule has 9 heteroatoms. The summed E-state index contributed by atoms with van der Waals surface area (Å²) in [6.07, 6.45) is 0.369. The molecule has 0 spiro atoms. The number of carbonyl (C=O) groups is 1. The second-order valence-electron chi connectivity index (χ2n) is 5.69. The van der Waals surface area contributed by atoms with E-state index < -0.39 is 10.0 Å². The minimum Gasteiger partial charge on any atom is -0.360 e. The minimum absolute atomic E-state index is 0.0341. The molecule has 1 aliphatic heterocycles. The molecule has 3 rings (SSSR count). The van der Waals surface area contributed by atoms with E-state index in [0.29, 0.717) is 31.0 Å². The summed E-state index contributed by atoms with van der Waals surface area (Å²) >= 11 is 1.55. The zero-order chi connectivity index (χ0) is 17.3. The van der Waals surface area contributed by atoms with Crippen LogP contribution in [-0.2, 0) is 21.2 Å². The standard InChI is InChI=1S/C15H19N3O4S2/c1-11-15(12(2)22-16-11)24(20,21)18-7-5-17(6-8-18)14(19)10-13-4-3-9-23-13/h3-4,9H,5-8,10H2,1-2H3. The lowest BCUT2D eigenvalue weighted by atomic mass is 10.3. The highest BCUT2D eigenvalue weighted by Gasteiger charge is 2.34. The van der Waals surface area contributed by atoms with Gasteiger partial charge < -0.3 is 9.42 Å². The molecule has 1 fully saturated rings. The van der Waals surface area contributed by atoms with Gasteiger partial charge >= 0.3 is 0 Å². The van der Waals surface area contributed by atoms with E-state index in [9.17, 15) is 13.2 Å².